The van der Waals surface area contributed by atoms with E-state index in [4.69, 9.17) is 0 Å². The summed E-state index contributed by atoms with van der Waals surface area (Å²) in [6.07, 6.45) is 2.78. The zero-order chi connectivity index (χ0) is 9.90. The Labute approximate surface area is 75.3 Å². The summed E-state index contributed by atoms with van der Waals surface area (Å²) in [6, 6.07) is 2.49. The van der Waals surface area contributed by atoms with Gasteiger partial charge in [0.15, 0.2) is 0 Å². The van der Waals surface area contributed by atoms with E-state index in [0.717, 1.165) is 0 Å². The summed E-state index contributed by atoms with van der Waals surface area (Å²) in [5.74, 6) is -0.390. The smallest absolute Gasteiger partial charge is 0.235 e. The van der Waals surface area contributed by atoms with E-state index in [0.29, 0.717) is 5.69 Å². The van der Waals surface area contributed by atoms with Gasteiger partial charge in [-0.15, -0.1) is 0 Å². The van der Waals surface area contributed by atoms with Crippen LogP contribution in [0.15, 0.2) is 23.3 Å². The molecule has 0 fully saturated rings. The Bertz CT molecular complexity index is 356. The molecule has 13 heavy (non-hydrogen) atoms. The average molecular weight is 180 g/mol. The Hall–Kier alpha value is -1.54. The predicted octanol–water partition coefficient (Wildman–Crippen LogP) is 1.79. The Kier molecular flexibility index (Phi) is 2.54. The number of hydrogen-bond donors (Lipinski definition) is 0. The highest BCUT2D eigenvalue weighted by atomic mass is 19.1. The van der Waals surface area contributed by atoms with Crippen molar-refractivity contribution in [3.05, 3.63) is 29.8 Å². The lowest BCUT2D eigenvalue weighted by molar-refractivity contribution is 0.506. The molecule has 1 rings (SSSR count). The van der Waals surface area contributed by atoms with Gasteiger partial charge in [0, 0.05) is 6.20 Å². The zero-order valence-corrected chi connectivity index (χ0v) is 7.41. The largest absolute Gasteiger partial charge is 0.258 e. The fourth-order valence-corrected chi connectivity index (χ4v) is 0.911. The number of hydrogen-bond acceptors (Lipinski definition) is 3. The van der Waals surface area contributed by atoms with E-state index in [9.17, 15) is 9.18 Å². The number of rotatable bonds is 2. The number of nitrogens with zero attached hydrogens (tertiary/aromatic N) is 2. The molecule has 1 heterocycles. The molecular formula is C9H9FN2O. The van der Waals surface area contributed by atoms with Crippen molar-refractivity contribution in [3.8, 4) is 0 Å². The van der Waals surface area contributed by atoms with E-state index < -0.39 is 5.54 Å². The topological polar surface area (TPSA) is 42.3 Å². The molecule has 0 atom stereocenters. The van der Waals surface area contributed by atoms with E-state index in [1.54, 1.807) is 13.8 Å². The lowest BCUT2D eigenvalue weighted by Crippen LogP contribution is -2.15. The molecule has 0 aromatic carbocycles. The molecule has 0 aliphatic rings. The van der Waals surface area contributed by atoms with Crippen molar-refractivity contribution in [1.29, 1.82) is 0 Å². The minimum absolute atomic E-state index is 0.390. The minimum Gasteiger partial charge on any atom is -0.258 e. The van der Waals surface area contributed by atoms with Crippen LogP contribution in [0.3, 0.4) is 0 Å². The monoisotopic (exact) mass is 180 g/mol. The maximum absolute atomic E-state index is 12.8. The first-order valence-corrected chi connectivity index (χ1v) is 3.77. The summed E-state index contributed by atoms with van der Waals surface area (Å²) in [5.41, 5.74) is -0.403. The van der Waals surface area contributed by atoms with Crippen molar-refractivity contribution < 1.29 is 9.18 Å². The second-order valence-corrected chi connectivity index (χ2v) is 3.12. The molecule has 0 amide bonds. The fourth-order valence-electron chi connectivity index (χ4n) is 0.911. The number of isocyanates is 1. The molecular weight excluding hydrogens is 171 g/mol. The van der Waals surface area contributed by atoms with Crippen LogP contribution in [0, 0.1) is 5.82 Å². The second-order valence-electron chi connectivity index (χ2n) is 3.12. The van der Waals surface area contributed by atoms with Gasteiger partial charge in [-0.3, -0.25) is 4.98 Å². The van der Waals surface area contributed by atoms with Crippen molar-refractivity contribution in [2.45, 2.75) is 19.4 Å². The van der Waals surface area contributed by atoms with Crippen LogP contribution in [0.25, 0.3) is 0 Å². The summed E-state index contributed by atoms with van der Waals surface area (Å²) in [4.78, 5) is 17.5. The molecule has 0 aliphatic heterocycles. The molecule has 0 radical (unpaired) electrons. The molecule has 0 bridgehead atoms. The van der Waals surface area contributed by atoms with Crippen LogP contribution in [0.5, 0.6) is 0 Å². The van der Waals surface area contributed by atoms with Crippen LogP contribution < -0.4 is 0 Å². The number of aliphatic imine (C=N–C) groups is 1. The highest BCUT2D eigenvalue weighted by Gasteiger charge is 2.21. The summed E-state index contributed by atoms with van der Waals surface area (Å²) in [5, 5.41) is 0. The van der Waals surface area contributed by atoms with E-state index in [1.165, 1.54) is 24.4 Å². The summed E-state index contributed by atoms with van der Waals surface area (Å²) < 4.78 is 12.8. The van der Waals surface area contributed by atoms with Gasteiger partial charge in [0.1, 0.15) is 11.4 Å². The highest BCUT2D eigenvalue weighted by molar-refractivity contribution is 5.36. The van der Waals surface area contributed by atoms with Crippen LogP contribution >= 0.6 is 0 Å². The molecule has 0 N–H and O–H groups in total. The SMILES string of the molecule is CC(C)(N=C=O)c1cc(F)ccn1. The van der Waals surface area contributed by atoms with E-state index in [-0.39, 0.29) is 5.82 Å². The van der Waals surface area contributed by atoms with Crippen LogP contribution in [0.2, 0.25) is 0 Å². The van der Waals surface area contributed by atoms with Crippen LogP contribution in [-0.2, 0) is 10.3 Å². The molecule has 4 heteroatoms. The van der Waals surface area contributed by atoms with Crippen molar-refractivity contribution in [2.75, 3.05) is 0 Å². The van der Waals surface area contributed by atoms with Gasteiger partial charge in [-0.05, 0) is 26.0 Å². The summed E-state index contributed by atoms with van der Waals surface area (Å²) >= 11 is 0. The van der Waals surface area contributed by atoms with Gasteiger partial charge in [-0.2, -0.15) is 4.99 Å². The van der Waals surface area contributed by atoms with Crippen LogP contribution in [-0.4, -0.2) is 11.1 Å². The van der Waals surface area contributed by atoms with Crippen LogP contribution in [0.4, 0.5) is 4.39 Å². The Balaban J connectivity index is 3.13. The van der Waals surface area contributed by atoms with Gasteiger partial charge < -0.3 is 0 Å². The molecule has 0 unspecified atom stereocenters. The van der Waals surface area contributed by atoms with Crippen molar-refractivity contribution in [2.24, 2.45) is 4.99 Å². The number of aromatic nitrogens is 1. The first-order chi connectivity index (χ1) is 6.06. The van der Waals surface area contributed by atoms with Crippen molar-refractivity contribution in [3.63, 3.8) is 0 Å². The van der Waals surface area contributed by atoms with Gasteiger partial charge >= 0.3 is 0 Å². The third-order valence-electron chi connectivity index (χ3n) is 1.67. The summed E-state index contributed by atoms with van der Waals surface area (Å²) in [7, 11) is 0. The highest BCUT2D eigenvalue weighted by Crippen LogP contribution is 2.21. The van der Waals surface area contributed by atoms with E-state index in [1.807, 2.05) is 0 Å². The van der Waals surface area contributed by atoms with E-state index in [2.05, 4.69) is 9.98 Å². The molecule has 0 saturated carbocycles. The predicted molar refractivity (Wildman–Crippen MR) is 45.3 cm³/mol. The fraction of sp³-hybridized carbons (Fsp3) is 0.333. The first-order valence-electron chi connectivity index (χ1n) is 3.77. The molecule has 1 aromatic rings. The number of pyridine rings is 1. The zero-order valence-electron chi connectivity index (χ0n) is 7.41. The molecule has 0 spiro atoms. The number of carbonyl (C=O) groups excluding carboxylic acids is 1. The maximum Gasteiger partial charge on any atom is 0.235 e. The first kappa shape index (κ1) is 9.55. The van der Waals surface area contributed by atoms with Crippen LogP contribution in [0.1, 0.15) is 19.5 Å². The van der Waals surface area contributed by atoms with Gasteiger partial charge in [-0.1, -0.05) is 0 Å². The van der Waals surface area contributed by atoms with Gasteiger partial charge in [0.2, 0.25) is 6.08 Å². The normalized spacial score (nSPS) is 10.7. The summed E-state index contributed by atoms with van der Waals surface area (Å²) in [6.45, 7) is 3.33. The van der Waals surface area contributed by atoms with Crippen molar-refractivity contribution in [1.82, 2.24) is 4.98 Å². The minimum atomic E-state index is -0.816. The second kappa shape index (κ2) is 3.46. The molecule has 0 saturated heterocycles. The van der Waals surface area contributed by atoms with Gasteiger partial charge in [0.05, 0.1) is 5.69 Å². The number of halogens is 1. The molecule has 3 nitrogen and oxygen atoms in total. The van der Waals surface area contributed by atoms with Gasteiger partial charge in [-0.25, -0.2) is 9.18 Å². The Morgan fingerprint density at radius 3 is 2.85 bits per heavy atom. The quantitative estimate of drug-likeness (QED) is 0.514. The third-order valence-corrected chi connectivity index (χ3v) is 1.67. The third kappa shape index (κ3) is 2.20. The lowest BCUT2D eigenvalue weighted by Gasteiger charge is -2.15. The molecule has 1 aromatic heterocycles. The van der Waals surface area contributed by atoms with Crippen molar-refractivity contribution >= 4 is 6.08 Å². The molecule has 68 valence electrons. The maximum atomic E-state index is 12.8. The lowest BCUT2D eigenvalue weighted by atomic mass is 10.0. The Morgan fingerprint density at radius 2 is 2.31 bits per heavy atom. The standard InChI is InChI=1S/C9H9FN2O/c1-9(2,12-6-13)8-5-7(10)3-4-11-8/h3-5H,1-2H3. The van der Waals surface area contributed by atoms with E-state index >= 15 is 0 Å². The molecule has 0 aliphatic carbocycles. The Morgan fingerprint density at radius 1 is 1.62 bits per heavy atom. The van der Waals surface area contributed by atoms with Gasteiger partial charge in [0.25, 0.3) is 0 Å². The average Bonchev–Trinajstić information content (AvgIpc) is 2.04.